The Kier molecular flexibility index (Phi) is 7.49. The van der Waals surface area contributed by atoms with E-state index in [-0.39, 0.29) is 11.2 Å². The number of alkyl halides is 3. The van der Waals surface area contributed by atoms with Crippen LogP contribution in [-0.4, -0.2) is 28.7 Å². The largest absolute Gasteiger partial charge is 0.416 e. The van der Waals surface area contributed by atoms with Gasteiger partial charge in [0.15, 0.2) is 11.0 Å². The molecule has 0 saturated heterocycles. The lowest BCUT2D eigenvalue weighted by Gasteiger charge is -2.23. The van der Waals surface area contributed by atoms with Crippen molar-refractivity contribution in [1.82, 2.24) is 15.7 Å². The second kappa shape index (κ2) is 10.2. The van der Waals surface area contributed by atoms with Gasteiger partial charge in [0.25, 0.3) is 0 Å². The van der Waals surface area contributed by atoms with Crippen molar-refractivity contribution in [3.8, 4) is 0 Å². The van der Waals surface area contributed by atoms with E-state index in [1.54, 1.807) is 6.07 Å². The Hall–Kier alpha value is -1.85. The van der Waals surface area contributed by atoms with Gasteiger partial charge in [0.05, 0.1) is 23.8 Å². The number of nitrogens with one attached hydrogen (secondary N) is 1. The predicted octanol–water partition coefficient (Wildman–Crippen LogP) is 6.61. The van der Waals surface area contributed by atoms with Gasteiger partial charge in [0.1, 0.15) is 5.03 Å². The Morgan fingerprint density at radius 1 is 1.09 bits per heavy atom. The van der Waals surface area contributed by atoms with Gasteiger partial charge >= 0.3 is 6.18 Å². The number of halogens is 6. The van der Waals surface area contributed by atoms with Crippen LogP contribution in [0.2, 0.25) is 10.2 Å². The summed E-state index contributed by atoms with van der Waals surface area (Å²) in [5, 5.41) is 9.15. The predicted molar refractivity (Wildman–Crippen MR) is 125 cm³/mol. The second-order valence-corrected chi connectivity index (χ2v) is 9.77. The summed E-state index contributed by atoms with van der Waals surface area (Å²) < 4.78 is 39.4. The molecule has 1 N–H and O–H groups in total. The molecule has 0 bridgehead atoms. The summed E-state index contributed by atoms with van der Waals surface area (Å²) in [6.07, 6.45) is -3.86. The maximum Gasteiger partial charge on any atom is 0.416 e. The number of aromatic nitrogens is 2. The highest BCUT2D eigenvalue weighted by atomic mass is 79.9. The van der Waals surface area contributed by atoms with Crippen LogP contribution >= 0.6 is 50.9 Å². The molecule has 1 aliphatic heterocycles. The molecule has 0 saturated carbocycles. The van der Waals surface area contributed by atoms with Crippen molar-refractivity contribution in [3.63, 3.8) is 0 Å². The second-order valence-electron chi connectivity index (χ2n) is 6.99. The zero-order valence-electron chi connectivity index (χ0n) is 16.5. The minimum atomic E-state index is -4.40. The molecule has 2 heterocycles. The maximum atomic E-state index is 12.8. The van der Waals surface area contributed by atoms with Gasteiger partial charge < -0.3 is 0 Å². The molecule has 4 rings (SSSR count). The van der Waals surface area contributed by atoms with Gasteiger partial charge in [0.2, 0.25) is 0 Å². The first-order chi connectivity index (χ1) is 15.7. The highest BCUT2D eigenvalue weighted by molar-refractivity contribution is 9.10. The Balaban J connectivity index is 1.59. The topological polar surface area (TPSA) is 59.4 Å². The van der Waals surface area contributed by atoms with Gasteiger partial charge in [-0.15, -0.1) is 10.2 Å². The minimum Gasteiger partial charge on any atom is -0.272 e. The standard InChI is InChI=1S/C21H14BrCl2F3N4OS/c22-13-4-1-11(17(23)8-13)7-14-10-32-31-19(28-14)16-9-18(24)29-30-20(16)33-15-5-2-12(3-6-15)21(25,26)27/h1-6,8-9,14H,7,10H2,(H,28,31)/t14-/m1/s1. The smallest absolute Gasteiger partial charge is 0.272 e. The van der Waals surface area contributed by atoms with Crippen LogP contribution in [0.5, 0.6) is 0 Å². The summed E-state index contributed by atoms with van der Waals surface area (Å²) in [5.74, 6) is 0.394. The lowest BCUT2D eigenvalue weighted by atomic mass is 10.1. The van der Waals surface area contributed by atoms with Crippen LogP contribution in [-0.2, 0) is 17.4 Å². The number of nitrogens with zero attached hydrogens (tertiary/aromatic N) is 3. The van der Waals surface area contributed by atoms with E-state index in [1.165, 1.54) is 12.1 Å². The molecule has 1 aliphatic rings. The normalized spacial score (nSPS) is 16.3. The van der Waals surface area contributed by atoms with Crippen molar-refractivity contribution in [2.45, 2.75) is 28.6 Å². The first-order valence-electron chi connectivity index (χ1n) is 9.47. The first kappa shape index (κ1) is 24.3. The fraction of sp³-hybridized carbons (Fsp3) is 0.190. The third-order valence-electron chi connectivity index (χ3n) is 4.61. The van der Waals surface area contributed by atoms with Crippen LogP contribution in [0.3, 0.4) is 0 Å². The highest BCUT2D eigenvalue weighted by Crippen LogP contribution is 2.34. The van der Waals surface area contributed by atoms with Crippen LogP contribution < -0.4 is 5.48 Å². The summed E-state index contributed by atoms with van der Waals surface area (Å²) in [5.41, 5.74) is 3.49. The molecule has 33 heavy (non-hydrogen) atoms. The van der Waals surface area contributed by atoms with Gasteiger partial charge in [-0.05, 0) is 54.4 Å². The van der Waals surface area contributed by atoms with Crippen LogP contribution in [0, 0.1) is 0 Å². The molecular formula is C21H14BrCl2F3N4OS. The summed E-state index contributed by atoms with van der Waals surface area (Å²) in [4.78, 5) is 10.8. The molecule has 172 valence electrons. The molecule has 0 spiro atoms. The van der Waals surface area contributed by atoms with E-state index in [2.05, 4.69) is 31.6 Å². The molecule has 12 heteroatoms. The van der Waals surface area contributed by atoms with Crippen molar-refractivity contribution in [1.29, 1.82) is 0 Å². The average molecular weight is 578 g/mol. The zero-order valence-corrected chi connectivity index (χ0v) is 20.5. The Morgan fingerprint density at radius 2 is 1.85 bits per heavy atom. The van der Waals surface area contributed by atoms with Gasteiger partial charge in [-0.1, -0.05) is 57.0 Å². The van der Waals surface area contributed by atoms with Gasteiger partial charge in [-0.3, -0.25) is 9.83 Å². The quantitative estimate of drug-likeness (QED) is 0.370. The third-order valence-corrected chi connectivity index (χ3v) is 6.64. The number of hydroxylamine groups is 1. The van der Waals surface area contributed by atoms with Crippen molar-refractivity contribution in [3.05, 3.63) is 79.9 Å². The summed E-state index contributed by atoms with van der Waals surface area (Å²) in [6, 6.07) is 11.8. The van der Waals surface area contributed by atoms with E-state index in [4.69, 9.17) is 33.0 Å². The van der Waals surface area contributed by atoms with E-state index < -0.39 is 11.7 Å². The molecule has 5 nitrogen and oxygen atoms in total. The summed E-state index contributed by atoms with van der Waals surface area (Å²) in [6.45, 7) is 0.323. The van der Waals surface area contributed by atoms with E-state index in [9.17, 15) is 13.2 Å². The number of aliphatic imine (C=N–C) groups is 1. The Morgan fingerprint density at radius 3 is 2.55 bits per heavy atom. The Labute approximate surface area is 209 Å². The number of hydrogen-bond acceptors (Lipinski definition) is 6. The van der Waals surface area contributed by atoms with E-state index >= 15 is 0 Å². The molecule has 1 aromatic heterocycles. The lowest BCUT2D eigenvalue weighted by molar-refractivity contribution is -0.137. The van der Waals surface area contributed by atoms with Gasteiger partial charge in [-0.2, -0.15) is 13.2 Å². The first-order valence-corrected chi connectivity index (χ1v) is 11.8. The van der Waals surface area contributed by atoms with Crippen LogP contribution in [0.25, 0.3) is 0 Å². The average Bonchev–Trinajstić information content (AvgIpc) is 2.77. The number of hydrogen-bond donors (Lipinski definition) is 1. The van der Waals surface area contributed by atoms with Gasteiger partial charge in [-0.25, -0.2) is 5.48 Å². The SMILES string of the molecule is FC(F)(F)c1ccc(Sc2nnc(Cl)cc2C2=N[C@H](Cc3ccc(Br)cc3Cl)CON2)cc1. The van der Waals surface area contributed by atoms with Crippen LogP contribution in [0.4, 0.5) is 13.2 Å². The van der Waals surface area contributed by atoms with E-state index in [1.807, 2.05) is 18.2 Å². The van der Waals surface area contributed by atoms with Crippen molar-refractivity contribution < 1.29 is 18.0 Å². The van der Waals surface area contributed by atoms with E-state index in [0.29, 0.717) is 39.4 Å². The highest BCUT2D eigenvalue weighted by Gasteiger charge is 2.30. The molecule has 1 atom stereocenters. The maximum absolute atomic E-state index is 12.8. The van der Waals surface area contributed by atoms with Crippen molar-refractivity contribution >= 4 is 56.7 Å². The molecular weight excluding hydrogens is 564 g/mol. The van der Waals surface area contributed by atoms with Crippen molar-refractivity contribution in [2.75, 3.05) is 6.61 Å². The van der Waals surface area contributed by atoms with E-state index in [0.717, 1.165) is 33.9 Å². The Bertz CT molecular complexity index is 1200. The minimum absolute atomic E-state index is 0.143. The third kappa shape index (κ3) is 6.19. The molecule has 2 aromatic carbocycles. The van der Waals surface area contributed by atoms with Crippen LogP contribution in [0.15, 0.2) is 67.9 Å². The summed E-state index contributed by atoms with van der Waals surface area (Å²) >= 11 is 16.9. The molecule has 0 radical (unpaired) electrons. The number of amidine groups is 1. The molecule has 3 aromatic rings. The summed E-state index contributed by atoms with van der Waals surface area (Å²) in [7, 11) is 0. The van der Waals surface area contributed by atoms with Crippen molar-refractivity contribution in [2.24, 2.45) is 4.99 Å². The monoisotopic (exact) mass is 576 g/mol. The fourth-order valence-electron chi connectivity index (χ4n) is 3.05. The number of rotatable bonds is 5. The molecule has 0 unspecified atom stereocenters. The zero-order chi connectivity index (χ0) is 23.6. The number of benzene rings is 2. The van der Waals surface area contributed by atoms with Crippen LogP contribution in [0.1, 0.15) is 16.7 Å². The lowest BCUT2D eigenvalue weighted by Crippen LogP contribution is -2.37. The molecule has 0 aliphatic carbocycles. The molecule has 0 fully saturated rings. The fourth-order valence-corrected chi connectivity index (χ4v) is 4.79. The molecule has 0 amide bonds. The van der Waals surface area contributed by atoms with Gasteiger partial charge in [0, 0.05) is 14.4 Å².